The third-order valence-electron chi connectivity index (χ3n) is 6.70. The number of amides is 3. The molecule has 2 saturated heterocycles. The molecule has 0 aliphatic carbocycles. The van der Waals surface area contributed by atoms with E-state index >= 15 is 0 Å². The van der Waals surface area contributed by atoms with Crippen molar-refractivity contribution < 1.29 is 19.1 Å². The molecule has 178 valence electrons. The van der Waals surface area contributed by atoms with Crippen LogP contribution < -0.4 is 15.5 Å². The second-order valence-electron chi connectivity index (χ2n) is 8.90. The molecule has 3 amide bonds. The highest BCUT2D eigenvalue weighted by Gasteiger charge is 2.40. The molecule has 1 unspecified atom stereocenters. The molecule has 35 heavy (non-hydrogen) atoms. The van der Waals surface area contributed by atoms with Crippen LogP contribution in [-0.4, -0.2) is 64.9 Å². The maximum Gasteiger partial charge on any atom is 0.259 e. The third-order valence-corrected chi connectivity index (χ3v) is 6.70. The van der Waals surface area contributed by atoms with Crippen LogP contribution in [0.5, 0.6) is 0 Å². The van der Waals surface area contributed by atoms with Crippen molar-refractivity contribution in [3.05, 3.63) is 54.1 Å². The Hall–Kier alpha value is -3.89. The first kappa shape index (κ1) is 21.6. The number of nitrogens with zero attached hydrogens (tertiary/aromatic N) is 4. The second kappa shape index (κ2) is 8.71. The summed E-state index contributed by atoms with van der Waals surface area (Å²) in [6.45, 7) is 3.89. The van der Waals surface area contributed by atoms with Gasteiger partial charge in [0.1, 0.15) is 11.9 Å². The maximum absolute atomic E-state index is 13.3. The van der Waals surface area contributed by atoms with Crippen LogP contribution in [0.15, 0.2) is 42.7 Å². The van der Waals surface area contributed by atoms with Crippen molar-refractivity contribution in [1.29, 1.82) is 0 Å². The maximum atomic E-state index is 13.3. The number of imide groups is 1. The SMILES string of the molecule is O=C1CCC(N2C(=O)c3cccc4c(Nc5cnc(CN6CCOCC6)nc5)ccc2c34)C(=O)N1. The van der Waals surface area contributed by atoms with Gasteiger partial charge < -0.3 is 10.1 Å². The Balaban J connectivity index is 1.27. The molecule has 0 spiro atoms. The fourth-order valence-corrected chi connectivity index (χ4v) is 4.97. The summed E-state index contributed by atoms with van der Waals surface area (Å²) in [5, 5.41) is 7.37. The van der Waals surface area contributed by atoms with Gasteiger partial charge in [-0.15, -0.1) is 0 Å². The minimum Gasteiger partial charge on any atom is -0.379 e. The van der Waals surface area contributed by atoms with Gasteiger partial charge in [0, 0.05) is 41.5 Å². The molecule has 4 heterocycles. The third kappa shape index (κ3) is 3.90. The zero-order valence-electron chi connectivity index (χ0n) is 19.0. The van der Waals surface area contributed by atoms with Crippen molar-refractivity contribution in [2.45, 2.75) is 25.4 Å². The Bertz CT molecular complexity index is 1340. The number of aromatic nitrogens is 2. The number of anilines is 3. The summed E-state index contributed by atoms with van der Waals surface area (Å²) in [4.78, 5) is 50.2. The predicted molar refractivity (Wildman–Crippen MR) is 128 cm³/mol. The molecular formula is C25H24N6O4. The van der Waals surface area contributed by atoms with Crippen molar-refractivity contribution in [2.24, 2.45) is 0 Å². The molecule has 1 aromatic heterocycles. The summed E-state index contributed by atoms with van der Waals surface area (Å²) in [5.41, 5.74) is 2.77. The highest BCUT2D eigenvalue weighted by atomic mass is 16.5. The van der Waals surface area contributed by atoms with E-state index in [9.17, 15) is 14.4 Å². The van der Waals surface area contributed by atoms with Crippen LogP contribution in [0.3, 0.4) is 0 Å². The number of hydrogen-bond donors (Lipinski definition) is 2. The fourth-order valence-electron chi connectivity index (χ4n) is 4.97. The van der Waals surface area contributed by atoms with Crippen LogP contribution in [0.1, 0.15) is 29.0 Å². The van der Waals surface area contributed by atoms with Gasteiger partial charge in [-0.2, -0.15) is 0 Å². The number of rotatable bonds is 5. The number of carbonyl (C=O) groups excluding carboxylic acids is 3. The average Bonchev–Trinajstić information content (AvgIpc) is 3.15. The molecule has 0 radical (unpaired) electrons. The molecule has 10 heteroatoms. The average molecular weight is 473 g/mol. The number of piperidine rings is 1. The predicted octanol–water partition coefficient (Wildman–Crippen LogP) is 1.97. The van der Waals surface area contributed by atoms with Gasteiger partial charge in [-0.25, -0.2) is 9.97 Å². The standard InChI is InChI=1S/C25H24N6O4/c32-22-7-6-20(24(33)29-22)31-19-5-4-18(16-2-1-3-17(23(16)19)25(31)34)28-15-12-26-21(27-13-15)14-30-8-10-35-11-9-30/h1-5,12-13,20,28H,6-11,14H2,(H,29,32,33). The van der Waals surface area contributed by atoms with Crippen molar-refractivity contribution >= 4 is 45.6 Å². The topological polar surface area (TPSA) is 117 Å². The highest BCUT2D eigenvalue weighted by molar-refractivity contribution is 6.28. The van der Waals surface area contributed by atoms with E-state index in [1.54, 1.807) is 18.5 Å². The van der Waals surface area contributed by atoms with Crippen LogP contribution in [-0.2, 0) is 20.9 Å². The summed E-state index contributed by atoms with van der Waals surface area (Å²) in [7, 11) is 0. The molecule has 3 aliphatic heterocycles. The smallest absolute Gasteiger partial charge is 0.259 e. The Morgan fingerprint density at radius 2 is 1.86 bits per heavy atom. The molecule has 10 nitrogen and oxygen atoms in total. The van der Waals surface area contributed by atoms with E-state index in [0.717, 1.165) is 54.3 Å². The largest absolute Gasteiger partial charge is 0.379 e. The monoisotopic (exact) mass is 472 g/mol. The molecule has 2 N–H and O–H groups in total. The molecule has 3 aromatic rings. The van der Waals surface area contributed by atoms with Gasteiger partial charge in [0.05, 0.1) is 43.5 Å². The molecular weight excluding hydrogens is 448 g/mol. The summed E-state index contributed by atoms with van der Waals surface area (Å²) < 4.78 is 5.39. The summed E-state index contributed by atoms with van der Waals surface area (Å²) in [5.74, 6) is -0.221. The van der Waals surface area contributed by atoms with Crippen molar-refractivity contribution in [2.75, 3.05) is 36.5 Å². The lowest BCUT2D eigenvalue weighted by atomic mass is 10.0. The van der Waals surface area contributed by atoms with Gasteiger partial charge in [-0.05, 0) is 24.6 Å². The molecule has 1 atom stereocenters. The zero-order valence-corrected chi connectivity index (χ0v) is 19.0. The first-order valence-corrected chi connectivity index (χ1v) is 11.7. The van der Waals surface area contributed by atoms with Crippen LogP contribution in [0, 0.1) is 0 Å². The van der Waals surface area contributed by atoms with Crippen molar-refractivity contribution in [3.8, 4) is 0 Å². The number of carbonyl (C=O) groups is 3. The summed E-state index contributed by atoms with van der Waals surface area (Å²) >= 11 is 0. The Kier molecular flexibility index (Phi) is 5.39. The van der Waals surface area contributed by atoms with Crippen LogP contribution in [0.2, 0.25) is 0 Å². The Morgan fingerprint density at radius 1 is 1.06 bits per heavy atom. The van der Waals surface area contributed by atoms with Gasteiger partial charge in [0.15, 0.2) is 0 Å². The first-order valence-electron chi connectivity index (χ1n) is 11.7. The van der Waals surface area contributed by atoms with Crippen molar-refractivity contribution in [3.63, 3.8) is 0 Å². The number of ether oxygens (including phenoxy) is 1. The van der Waals surface area contributed by atoms with E-state index in [2.05, 4.69) is 25.5 Å². The van der Waals surface area contributed by atoms with Crippen LogP contribution >= 0.6 is 0 Å². The molecule has 3 aliphatic rings. The molecule has 6 rings (SSSR count). The minimum atomic E-state index is -0.706. The number of hydrogen-bond acceptors (Lipinski definition) is 8. The number of benzene rings is 2. The van der Waals surface area contributed by atoms with Crippen molar-refractivity contribution in [1.82, 2.24) is 20.2 Å². The van der Waals surface area contributed by atoms with E-state index < -0.39 is 11.9 Å². The zero-order chi connectivity index (χ0) is 23.9. The van der Waals surface area contributed by atoms with E-state index in [0.29, 0.717) is 24.2 Å². The Labute approximate surface area is 201 Å². The lowest BCUT2D eigenvalue weighted by molar-refractivity contribution is -0.134. The summed E-state index contributed by atoms with van der Waals surface area (Å²) in [6.07, 6.45) is 4.03. The lowest BCUT2D eigenvalue weighted by Crippen LogP contribution is -2.53. The Morgan fingerprint density at radius 3 is 2.63 bits per heavy atom. The van der Waals surface area contributed by atoms with Gasteiger partial charge in [-0.3, -0.25) is 29.5 Å². The number of nitrogens with one attached hydrogen (secondary N) is 2. The molecule has 0 bridgehead atoms. The van der Waals surface area contributed by atoms with Crippen LogP contribution in [0.4, 0.5) is 17.1 Å². The molecule has 2 aromatic carbocycles. The van der Waals surface area contributed by atoms with Crippen LogP contribution in [0.25, 0.3) is 10.8 Å². The molecule has 0 saturated carbocycles. The lowest BCUT2D eigenvalue weighted by Gasteiger charge is -2.30. The van der Waals surface area contributed by atoms with Gasteiger partial charge >= 0.3 is 0 Å². The molecule has 2 fully saturated rings. The van der Waals surface area contributed by atoms with E-state index in [1.807, 2.05) is 24.3 Å². The second-order valence-corrected chi connectivity index (χ2v) is 8.90. The van der Waals surface area contributed by atoms with Gasteiger partial charge in [-0.1, -0.05) is 12.1 Å². The van der Waals surface area contributed by atoms with E-state index in [1.165, 1.54) is 4.90 Å². The first-order chi connectivity index (χ1) is 17.1. The highest BCUT2D eigenvalue weighted by Crippen LogP contribution is 2.42. The van der Waals surface area contributed by atoms with E-state index in [-0.39, 0.29) is 18.2 Å². The van der Waals surface area contributed by atoms with Gasteiger partial charge in [0.25, 0.3) is 5.91 Å². The normalized spacial score (nSPS) is 20.4. The summed E-state index contributed by atoms with van der Waals surface area (Å²) in [6, 6.07) is 8.58. The fraction of sp³-hybridized carbons (Fsp3) is 0.320. The number of morpholine rings is 1. The minimum absolute atomic E-state index is 0.209. The van der Waals surface area contributed by atoms with Gasteiger partial charge in [0.2, 0.25) is 11.8 Å². The van der Waals surface area contributed by atoms with E-state index in [4.69, 9.17) is 4.74 Å². The quantitative estimate of drug-likeness (QED) is 0.542.